The third-order valence-electron chi connectivity index (χ3n) is 11.6. The summed E-state index contributed by atoms with van der Waals surface area (Å²) in [5.41, 5.74) is 10.7. The van der Waals surface area contributed by atoms with Gasteiger partial charge in [0.2, 0.25) is 0 Å². The third kappa shape index (κ3) is 5.33. The van der Waals surface area contributed by atoms with E-state index in [9.17, 15) is 0 Å². The van der Waals surface area contributed by atoms with Gasteiger partial charge in [-0.1, -0.05) is 153 Å². The molecule has 1 atom stereocenters. The summed E-state index contributed by atoms with van der Waals surface area (Å²) >= 11 is 0. The number of rotatable bonds is 6. The highest BCUT2D eigenvalue weighted by Gasteiger charge is 2.29. The Kier molecular flexibility index (Phi) is 7.75. The first kappa shape index (κ1) is 30.9. The van der Waals surface area contributed by atoms with Crippen LogP contribution in [0.4, 0.5) is 11.4 Å². The van der Waals surface area contributed by atoms with Crippen LogP contribution >= 0.6 is 0 Å². The van der Waals surface area contributed by atoms with Crippen LogP contribution in [-0.4, -0.2) is 6.04 Å². The fourth-order valence-electron chi connectivity index (χ4n) is 9.13. The van der Waals surface area contributed by atoms with Gasteiger partial charge in [0.15, 0.2) is 0 Å². The third-order valence-corrected chi connectivity index (χ3v) is 11.6. The van der Waals surface area contributed by atoms with Gasteiger partial charge in [-0.05, 0) is 99.3 Å². The van der Waals surface area contributed by atoms with Crippen molar-refractivity contribution in [3.63, 3.8) is 0 Å². The second kappa shape index (κ2) is 13.0. The number of hydrogen-bond acceptors (Lipinski definition) is 2. The first-order valence-electron chi connectivity index (χ1n) is 19.0. The maximum Gasteiger partial charge on any atom is 0.143 e. The smallest absolute Gasteiger partial charge is 0.143 e. The van der Waals surface area contributed by atoms with Crippen molar-refractivity contribution < 1.29 is 4.42 Å². The Labute approximate surface area is 305 Å². The second-order valence-electron chi connectivity index (χ2n) is 14.6. The van der Waals surface area contributed by atoms with E-state index in [0.29, 0.717) is 5.92 Å². The van der Waals surface area contributed by atoms with E-state index >= 15 is 0 Å². The van der Waals surface area contributed by atoms with Crippen molar-refractivity contribution in [2.45, 2.75) is 50.5 Å². The summed E-state index contributed by atoms with van der Waals surface area (Å²) < 4.78 is 6.53. The highest BCUT2D eigenvalue weighted by atomic mass is 16.3. The molecule has 1 aromatic heterocycles. The van der Waals surface area contributed by atoms with Crippen molar-refractivity contribution in [1.29, 1.82) is 0 Å². The SMILES string of the molecule is C1=CCC(N(c2cccc(-c3cccc4c3oc3ccccc34)c2)c2ccc3ccccc3c2)C(c2cccc3cccc(C4CCCCC4)c23)=C1. The summed E-state index contributed by atoms with van der Waals surface area (Å²) in [4.78, 5) is 2.59. The highest BCUT2D eigenvalue weighted by molar-refractivity contribution is 6.09. The van der Waals surface area contributed by atoms with E-state index in [-0.39, 0.29) is 6.04 Å². The molecule has 0 N–H and O–H groups in total. The molecule has 0 spiro atoms. The van der Waals surface area contributed by atoms with Crippen LogP contribution < -0.4 is 4.90 Å². The Morgan fingerprint density at radius 2 is 1.29 bits per heavy atom. The van der Waals surface area contributed by atoms with Crippen LogP contribution in [0.5, 0.6) is 0 Å². The van der Waals surface area contributed by atoms with Gasteiger partial charge in [0.1, 0.15) is 11.2 Å². The molecule has 0 radical (unpaired) electrons. The highest BCUT2D eigenvalue weighted by Crippen LogP contribution is 2.45. The molecule has 2 nitrogen and oxygen atoms in total. The van der Waals surface area contributed by atoms with Crippen LogP contribution in [0.2, 0.25) is 0 Å². The Bertz CT molecular complexity index is 2660. The number of hydrogen-bond donors (Lipinski definition) is 0. The van der Waals surface area contributed by atoms with E-state index in [1.54, 1.807) is 0 Å². The van der Waals surface area contributed by atoms with Crippen molar-refractivity contribution >= 4 is 60.4 Å². The Hall–Kier alpha value is -5.86. The standard InChI is InChI=1S/C50H41NO/c1-2-15-35(16-3-1)41-24-11-18-36-19-12-26-45(49(36)41)43-22-6-8-28-47(43)51(40-31-30-34-14-4-5-17-37(34)32-40)39-21-10-20-38(33-39)42-25-13-27-46-44-23-7-9-29-48(44)52-50(42)46/h4-14,17-27,29-33,35,47H,1-3,15-16,28H2. The minimum Gasteiger partial charge on any atom is -0.455 e. The number of allylic oxidation sites excluding steroid dienone is 2. The van der Waals surface area contributed by atoms with Crippen molar-refractivity contribution in [1.82, 2.24) is 0 Å². The molecule has 2 aliphatic rings. The lowest BCUT2D eigenvalue weighted by atomic mass is 9.79. The van der Waals surface area contributed by atoms with Crippen LogP contribution in [0, 0.1) is 0 Å². The van der Waals surface area contributed by atoms with Gasteiger partial charge in [-0.3, -0.25) is 0 Å². The number of fused-ring (bicyclic) bond motifs is 5. The second-order valence-corrected chi connectivity index (χ2v) is 14.6. The van der Waals surface area contributed by atoms with Gasteiger partial charge in [-0.2, -0.15) is 0 Å². The summed E-state index contributed by atoms with van der Waals surface area (Å²) in [7, 11) is 0. The molecule has 1 saturated carbocycles. The van der Waals surface area contributed by atoms with E-state index in [2.05, 4.69) is 163 Å². The molecule has 1 heterocycles. The quantitative estimate of drug-likeness (QED) is 0.175. The molecule has 8 aromatic rings. The maximum absolute atomic E-state index is 6.53. The van der Waals surface area contributed by atoms with Crippen LogP contribution in [0.3, 0.4) is 0 Å². The zero-order chi connectivity index (χ0) is 34.4. The molecule has 0 bridgehead atoms. The summed E-state index contributed by atoms with van der Waals surface area (Å²) in [5, 5.41) is 7.58. The monoisotopic (exact) mass is 671 g/mol. The maximum atomic E-state index is 6.53. The Morgan fingerprint density at radius 3 is 2.21 bits per heavy atom. The lowest BCUT2D eigenvalue weighted by Gasteiger charge is -2.37. The number of benzene rings is 7. The van der Waals surface area contributed by atoms with E-state index in [1.807, 2.05) is 6.07 Å². The molecule has 2 aliphatic carbocycles. The lowest BCUT2D eigenvalue weighted by Crippen LogP contribution is -2.33. The van der Waals surface area contributed by atoms with E-state index in [1.165, 1.54) is 81.7 Å². The molecule has 1 fully saturated rings. The molecule has 7 aromatic carbocycles. The number of anilines is 2. The molecule has 0 amide bonds. The molecule has 52 heavy (non-hydrogen) atoms. The summed E-state index contributed by atoms with van der Waals surface area (Å²) in [6.45, 7) is 0. The molecule has 2 heteroatoms. The van der Waals surface area contributed by atoms with E-state index < -0.39 is 0 Å². The van der Waals surface area contributed by atoms with Gasteiger partial charge >= 0.3 is 0 Å². The topological polar surface area (TPSA) is 16.4 Å². The minimum atomic E-state index is 0.0911. The van der Waals surface area contributed by atoms with Gasteiger partial charge in [-0.25, -0.2) is 0 Å². The van der Waals surface area contributed by atoms with Crippen molar-refractivity contribution in [3.8, 4) is 11.1 Å². The molecule has 252 valence electrons. The van der Waals surface area contributed by atoms with Crippen molar-refractivity contribution in [2.24, 2.45) is 0 Å². The van der Waals surface area contributed by atoms with Crippen molar-refractivity contribution in [3.05, 3.63) is 175 Å². The fraction of sp³-hybridized carbons (Fsp3) is 0.160. The van der Waals surface area contributed by atoms with Crippen LogP contribution in [0.25, 0.3) is 60.2 Å². The number of para-hydroxylation sites is 2. The van der Waals surface area contributed by atoms with Crippen LogP contribution in [-0.2, 0) is 0 Å². The number of furan rings is 1. The Morgan fingerprint density at radius 1 is 0.558 bits per heavy atom. The van der Waals surface area contributed by atoms with Gasteiger partial charge in [0.25, 0.3) is 0 Å². The lowest BCUT2D eigenvalue weighted by molar-refractivity contribution is 0.445. The summed E-state index contributed by atoms with van der Waals surface area (Å²) in [5.74, 6) is 0.617. The predicted octanol–water partition coefficient (Wildman–Crippen LogP) is 14.2. The zero-order valence-corrected chi connectivity index (χ0v) is 29.3. The van der Waals surface area contributed by atoms with Gasteiger partial charge < -0.3 is 9.32 Å². The largest absolute Gasteiger partial charge is 0.455 e. The molecular weight excluding hydrogens is 631 g/mol. The molecule has 0 aliphatic heterocycles. The van der Waals surface area contributed by atoms with E-state index in [4.69, 9.17) is 4.42 Å². The van der Waals surface area contributed by atoms with Crippen molar-refractivity contribution in [2.75, 3.05) is 4.90 Å². The van der Waals surface area contributed by atoms with Crippen LogP contribution in [0.1, 0.15) is 55.6 Å². The first-order valence-corrected chi connectivity index (χ1v) is 19.0. The first-order chi connectivity index (χ1) is 25.8. The average molecular weight is 672 g/mol. The minimum absolute atomic E-state index is 0.0911. The van der Waals surface area contributed by atoms with Gasteiger partial charge in [0.05, 0.1) is 6.04 Å². The van der Waals surface area contributed by atoms with Crippen LogP contribution in [0.15, 0.2) is 168 Å². The summed E-state index contributed by atoms with van der Waals surface area (Å²) in [6.07, 6.45) is 14.5. The number of nitrogens with zero attached hydrogens (tertiary/aromatic N) is 1. The fourth-order valence-corrected chi connectivity index (χ4v) is 9.13. The zero-order valence-electron chi connectivity index (χ0n) is 29.3. The molecular formula is C50H41NO. The van der Waals surface area contributed by atoms with Gasteiger partial charge in [0, 0.05) is 27.7 Å². The molecule has 10 rings (SSSR count). The Balaban J connectivity index is 1.16. The summed E-state index contributed by atoms with van der Waals surface area (Å²) in [6, 6.07) is 53.6. The molecule has 0 saturated heterocycles. The van der Waals surface area contributed by atoms with E-state index in [0.717, 1.165) is 39.5 Å². The molecule has 1 unspecified atom stereocenters. The normalized spacial score (nSPS) is 16.5. The predicted molar refractivity (Wildman–Crippen MR) is 221 cm³/mol. The average Bonchev–Trinajstić information content (AvgIpc) is 3.60. The van der Waals surface area contributed by atoms with Gasteiger partial charge in [-0.15, -0.1) is 0 Å².